The molecule has 1 aliphatic rings. The van der Waals surface area contributed by atoms with Gasteiger partial charge in [-0.3, -0.25) is 4.79 Å². The van der Waals surface area contributed by atoms with Crippen LogP contribution < -0.4 is 15.8 Å². The number of nitrogens with two attached hydrogens (primary N) is 1. The molecular weight excluding hydrogens is 244 g/mol. The van der Waals surface area contributed by atoms with Gasteiger partial charge in [-0.15, -0.1) is 0 Å². The van der Waals surface area contributed by atoms with Crippen LogP contribution in [0.25, 0.3) is 0 Å². The minimum absolute atomic E-state index is 0.0602. The molecule has 3 N–H and O–H groups in total. The molecule has 0 radical (unpaired) electrons. The van der Waals surface area contributed by atoms with Crippen molar-refractivity contribution in [3.05, 3.63) is 29.8 Å². The summed E-state index contributed by atoms with van der Waals surface area (Å²) in [7, 11) is 0. The number of benzene rings is 1. The molecule has 1 aromatic carbocycles. The molecule has 1 aliphatic heterocycles. The standard InChI is InChI=1S/C14H20N2O3/c15-6-9-18-8-3-7-16-14(17)13-10-11-4-1-2-5-12(11)19-13/h1-2,4-5,13H,3,6-10,15H2,(H,16,17). The fraction of sp³-hybridized carbons (Fsp3) is 0.500. The predicted molar refractivity (Wildman–Crippen MR) is 72.1 cm³/mol. The summed E-state index contributed by atoms with van der Waals surface area (Å²) in [6.45, 7) is 2.30. The fourth-order valence-electron chi connectivity index (χ4n) is 2.01. The van der Waals surface area contributed by atoms with Crippen molar-refractivity contribution in [1.82, 2.24) is 5.32 Å². The molecule has 0 saturated heterocycles. The number of nitrogens with one attached hydrogen (secondary N) is 1. The largest absolute Gasteiger partial charge is 0.480 e. The third-order valence-electron chi connectivity index (χ3n) is 2.97. The Bertz CT molecular complexity index is 398. The molecule has 1 heterocycles. The quantitative estimate of drug-likeness (QED) is 0.702. The van der Waals surface area contributed by atoms with Crippen LogP contribution in [0.4, 0.5) is 0 Å². The molecule has 104 valence electrons. The molecule has 0 bridgehead atoms. The third kappa shape index (κ3) is 3.94. The van der Waals surface area contributed by atoms with Crippen molar-refractivity contribution >= 4 is 5.91 Å². The van der Waals surface area contributed by atoms with Gasteiger partial charge in [-0.25, -0.2) is 0 Å². The summed E-state index contributed by atoms with van der Waals surface area (Å²) < 4.78 is 10.8. The first-order valence-electron chi connectivity index (χ1n) is 6.61. The number of rotatable bonds is 7. The number of ether oxygens (including phenoxy) is 2. The highest BCUT2D eigenvalue weighted by Crippen LogP contribution is 2.27. The maximum atomic E-state index is 11.9. The SMILES string of the molecule is NCCOCCCNC(=O)C1Cc2ccccc2O1. The van der Waals surface area contributed by atoms with Gasteiger partial charge in [-0.1, -0.05) is 18.2 Å². The highest BCUT2D eigenvalue weighted by atomic mass is 16.5. The lowest BCUT2D eigenvalue weighted by molar-refractivity contribution is -0.127. The number of para-hydroxylation sites is 1. The molecule has 0 aliphatic carbocycles. The number of hydrogen-bond donors (Lipinski definition) is 2. The lowest BCUT2D eigenvalue weighted by Gasteiger charge is -2.11. The average Bonchev–Trinajstić information content (AvgIpc) is 2.86. The first-order chi connectivity index (χ1) is 9.31. The number of carbonyl (C=O) groups is 1. The lowest BCUT2D eigenvalue weighted by Crippen LogP contribution is -2.38. The molecular formula is C14H20N2O3. The molecule has 5 nitrogen and oxygen atoms in total. The summed E-state index contributed by atoms with van der Waals surface area (Å²) in [6.07, 6.45) is 1.03. The van der Waals surface area contributed by atoms with Gasteiger partial charge in [0.15, 0.2) is 6.10 Å². The van der Waals surface area contributed by atoms with Gasteiger partial charge in [0, 0.05) is 26.1 Å². The van der Waals surface area contributed by atoms with E-state index in [0.29, 0.717) is 32.7 Å². The molecule has 1 amide bonds. The van der Waals surface area contributed by atoms with E-state index in [1.807, 2.05) is 24.3 Å². The molecule has 5 heteroatoms. The Hall–Kier alpha value is -1.59. The van der Waals surface area contributed by atoms with Gasteiger partial charge in [-0.2, -0.15) is 0 Å². The van der Waals surface area contributed by atoms with Gasteiger partial charge in [0.25, 0.3) is 5.91 Å². The van der Waals surface area contributed by atoms with Crippen LogP contribution in [-0.2, 0) is 16.0 Å². The van der Waals surface area contributed by atoms with Crippen LogP contribution in [0, 0.1) is 0 Å². The maximum absolute atomic E-state index is 11.9. The molecule has 1 aromatic rings. The smallest absolute Gasteiger partial charge is 0.261 e. The van der Waals surface area contributed by atoms with Crippen LogP contribution in [0.3, 0.4) is 0 Å². The van der Waals surface area contributed by atoms with E-state index in [4.69, 9.17) is 15.2 Å². The van der Waals surface area contributed by atoms with Crippen LogP contribution in [0.2, 0.25) is 0 Å². The van der Waals surface area contributed by atoms with Gasteiger partial charge < -0.3 is 20.5 Å². The zero-order valence-corrected chi connectivity index (χ0v) is 10.9. The number of carbonyl (C=O) groups excluding carboxylic acids is 1. The van der Waals surface area contributed by atoms with Crippen LogP contribution in [0.15, 0.2) is 24.3 Å². The molecule has 0 aromatic heterocycles. The molecule has 0 saturated carbocycles. The topological polar surface area (TPSA) is 73.6 Å². The van der Waals surface area contributed by atoms with Gasteiger partial charge in [-0.05, 0) is 18.1 Å². The first-order valence-corrected chi connectivity index (χ1v) is 6.61. The molecule has 0 spiro atoms. The Labute approximate surface area is 113 Å². The van der Waals surface area contributed by atoms with Crippen LogP contribution >= 0.6 is 0 Å². The highest BCUT2D eigenvalue weighted by molar-refractivity contribution is 5.82. The van der Waals surface area contributed by atoms with E-state index < -0.39 is 6.10 Å². The second-order valence-corrected chi connectivity index (χ2v) is 4.46. The van der Waals surface area contributed by atoms with Crippen molar-refractivity contribution in [2.45, 2.75) is 18.9 Å². The lowest BCUT2D eigenvalue weighted by atomic mass is 10.1. The van der Waals surface area contributed by atoms with E-state index in [-0.39, 0.29) is 5.91 Å². The number of fused-ring (bicyclic) bond motifs is 1. The highest BCUT2D eigenvalue weighted by Gasteiger charge is 2.28. The predicted octanol–water partition coefficient (Wildman–Crippen LogP) is 0.472. The Kier molecular flexibility index (Phi) is 5.18. The van der Waals surface area contributed by atoms with Crippen molar-refractivity contribution in [2.75, 3.05) is 26.3 Å². The van der Waals surface area contributed by atoms with E-state index in [0.717, 1.165) is 17.7 Å². The van der Waals surface area contributed by atoms with E-state index in [1.54, 1.807) is 0 Å². The second-order valence-electron chi connectivity index (χ2n) is 4.46. The van der Waals surface area contributed by atoms with Crippen molar-refractivity contribution in [2.24, 2.45) is 5.73 Å². The third-order valence-corrected chi connectivity index (χ3v) is 2.97. The molecule has 1 unspecified atom stereocenters. The zero-order chi connectivity index (χ0) is 13.5. The van der Waals surface area contributed by atoms with Gasteiger partial charge >= 0.3 is 0 Å². The molecule has 1 atom stereocenters. The Morgan fingerprint density at radius 3 is 3.05 bits per heavy atom. The monoisotopic (exact) mass is 264 g/mol. The second kappa shape index (κ2) is 7.11. The Balaban J connectivity index is 1.66. The van der Waals surface area contributed by atoms with Crippen molar-refractivity contribution < 1.29 is 14.3 Å². The van der Waals surface area contributed by atoms with Crippen molar-refractivity contribution in [1.29, 1.82) is 0 Å². The van der Waals surface area contributed by atoms with E-state index in [9.17, 15) is 4.79 Å². The Morgan fingerprint density at radius 2 is 2.26 bits per heavy atom. The van der Waals surface area contributed by atoms with Crippen LogP contribution in [-0.4, -0.2) is 38.3 Å². The summed E-state index contributed by atoms with van der Waals surface area (Å²) in [5.74, 6) is 0.754. The van der Waals surface area contributed by atoms with Gasteiger partial charge in [0.05, 0.1) is 6.61 Å². The van der Waals surface area contributed by atoms with Gasteiger partial charge in [0.1, 0.15) is 5.75 Å². The van der Waals surface area contributed by atoms with Crippen LogP contribution in [0.1, 0.15) is 12.0 Å². The van der Waals surface area contributed by atoms with Crippen LogP contribution in [0.5, 0.6) is 5.75 Å². The number of amides is 1. The minimum atomic E-state index is -0.401. The first kappa shape index (κ1) is 13.8. The minimum Gasteiger partial charge on any atom is -0.480 e. The van der Waals surface area contributed by atoms with Crippen molar-refractivity contribution in [3.63, 3.8) is 0 Å². The van der Waals surface area contributed by atoms with E-state index >= 15 is 0 Å². The summed E-state index contributed by atoms with van der Waals surface area (Å²) >= 11 is 0. The van der Waals surface area contributed by atoms with E-state index in [1.165, 1.54) is 0 Å². The van der Waals surface area contributed by atoms with Crippen molar-refractivity contribution in [3.8, 4) is 5.75 Å². The summed E-state index contributed by atoms with van der Waals surface area (Å²) in [5.41, 5.74) is 6.40. The normalized spacial score (nSPS) is 16.8. The summed E-state index contributed by atoms with van der Waals surface area (Å²) in [6, 6.07) is 7.75. The molecule has 2 rings (SSSR count). The fourth-order valence-corrected chi connectivity index (χ4v) is 2.01. The average molecular weight is 264 g/mol. The zero-order valence-electron chi connectivity index (χ0n) is 10.9. The Morgan fingerprint density at radius 1 is 1.42 bits per heavy atom. The number of hydrogen-bond acceptors (Lipinski definition) is 4. The maximum Gasteiger partial charge on any atom is 0.261 e. The van der Waals surface area contributed by atoms with E-state index in [2.05, 4.69) is 5.32 Å². The van der Waals surface area contributed by atoms with Gasteiger partial charge in [0.2, 0.25) is 0 Å². The molecule has 0 fully saturated rings. The summed E-state index contributed by atoms with van der Waals surface area (Å²) in [5, 5.41) is 2.86. The summed E-state index contributed by atoms with van der Waals surface area (Å²) in [4.78, 5) is 11.9. The molecule has 19 heavy (non-hydrogen) atoms.